The van der Waals surface area contributed by atoms with Crippen LogP contribution in [0.1, 0.15) is 79.6 Å². The van der Waals surface area contributed by atoms with Gasteiger partial charge in [0.25, 0.3) is 5.91 Å². The first-order valence-corrected chi connectivity index (χ1v) is 18.8. The van der Waals surface area contributed by atoms with Gasteiger partial charge in [-0.15, -0.1) is 0 Å². The van der Waals surface area contributed by atoms with Crippen molar-refractivity contribution in [3.63, 3.8) is 0 Å². The van der Waals surface area contributed by atoms with Crippen molar-refractivity contribution in [3.8, 4) is 0 Å². The zero-order chi connectivity index (χ0) is 36.4. The molecule has 53 heavy (non-hydrogen) atoms. The van der Waals surface area contributed by atoms with Crippen LogP contribution < -0.4 is 20.4 Å². The van der Waals surface area contributed by atoms with Crippen LogP contribution >= 0.6 is 0 Å². The summed E-state index contributed by atoms with van der Waals surface area (Å²) in [5, 5.41) is 6.62. The molecule has 9 rings (SSSR count). The molecule has 5 aromatic rings. The molecule has 14 heteroatoms. The van der Waals surface area contributed by atoms with Gasteiger partial charge >= 0.3 is 0 Å². The molecule has 1 spiro atoms. The van der Waals surface area contributed by atoms with Gasteiger partial charge in [0.05, 0.1) is 28.8 Å². The van der Waals surface area contributed by atoms with E-state index in [0.717, 1.165) is 92.5 Å². The molecule has 0 unspecified atom stereocenters. The normalized spacial score (nSPS) is 20.3. The Bertz CT molecular complexity index is 2240. The number of hydrogen-bond donors (Lipinski definition) is 2. The van der Waals surface area contributed by atoms with Gasteiger partial charge in [0.15, 0.2) is 0 Å². The number of hydrogen-bond acceptors (Lipinski definition) is 10. The van der Waals surface area contributed by atoms with Gasteiger partial charge in [0.2, 0.25) is 17.8 Å². The first-order valence-electron chi connectivity index (χ1n) is 18.8. The van der Waals surface area contributed by atoms with Crippen LogP contribution in [-0.2, 0) is 16.6 Å². The molecular formula is C39H45N11O3. The van der Waals surface area contributed by atoms with E-state index in [1.807, 2.05) is 36.0 Å². The van der Waals surface area contributed by atoms with E-state index in [4.69, 9.17) is 15.0 Å². The molecule has 4 aromatic heterocycles. The molecule has 14 nitrogen and oxygen atoms in total. The molecule has 0 radical (unpaired) electrons. The standard InChI is InChI=1S/C39H45N11O3/c1-46(2)37(53)31-18-24-20-41-38(45-34(24)50(31)25-6-4-5-7-25)43-32-12-9-27(21-40-32)48-16-14-39(15-17-48)22-49(23-39)26-8-11-29-30(19-26)47(3)35(42-29)28-10-13-33(51)44-36(28)52/h8-9,11-12,18-21,25,28H,4-7,10,13-17,22-23H2,1-3H3,(H,44,51,52)(H,40,41,43,45)/t28-/m0/s1. The molecule has 4 fully saturated rings. The number of imidazole rings is 1. The van der Waals surface area contributed by atoms with Gasteiger partial charge in [0.1, 0.15) is 23.0 Å². The van der Waals surface area contributed by atoms with E-state index < -0.39 is 5.92 Å². The Morgan fingerprint density at radius 1 is 0.925 bits per heavy atom. The number of benzene rings is 1. The summed E-state index contributed by atoms with van der Waals surface area (Å²) in [5.74, 6) is 0.941. The maximum Gasteiger partial charge on any atom is 0.270 e. The molecule has 3 aliphatic heterocycles. The Morgan fingerprint density at radius 2 is 1.70 bits per heavy atom. The van der Waals surface area contributed by atoms with E-state index in [0.29, 0.717) is 41.5 Å². The number of pyridine rings is 1. The van der Waals surface area contributed by atoms with Crippen LogP contribution in [0.2, 0.25) is 0 Å². The Balaban J connectivity index is 0.830. The first-order chi connectivity index (χ1) is 25.6. The lowest BCUT2D eigenvalue weighted by atomic mass is 9.71. The number of imide groups is 1. The zero-order valence-electron chi connectivity index (χ0n) is 30.5. The lowest BCUT2D eigenvalue weighted by molar-refractivity contribution is -0.134. The summed E-state index contributed by atoms with van der Waals surface area (Å²) >= 11 is 0. The van der Waals surface area contributed by atoms with Crippen LogP contribution in [0, 0.1) is 5.41 Å². The fourth-order valence-corrected chi connectivity index (χ4v) is 8.90. The van der Waals surface area contributed by atoms with Gasteiger partial charge in [-0.3, -0.25) is 19.7 Å². The minimum atomic E-state index is -0.409. The number of amides is 3. The van der Waals surface area contributed by atoms with Gasteiger partial charge in [-0.05, 0) is 68.5 Å². The number of anilines is 4. The fraction of sp³-hybridized carbons (Fsp3) is 0.462. The molecule has 1 aromatic carbocycles. The molecule has 1 saturated carbocycles. The molecule has 3 saturated heterocycles. The number of aryl methyl sites for hydroxylation is 1. The second kappa shape index (κ2) is 12.8. The molecule has 4 aliphatic rings. The minimum Gasteiger partial charge on any atom is -0.370 e. The van der Waals surface area contributed by atoms with Gasteiger partial charge < -0.3 is 29.2 Å². The maximum atomic E-state index is 13.1. The van der Waals surface area contributed by atoms with Crippen LogP contribution in [0.5, 0.6) is 0 Å². The number of nitrogens with one attached hydrogen (secondary N) is 2. The number of piperidine rings is 2. The van der Waals surface area contributed by atoms with Gasteiger partial charge in [-0.25, -0.2) is 15.0 Å². The Labute approximate surface area is 307 Å². The highest BCUT2D eigenvalue weighted by atomic mass is 16.2. The van der Waals surface area contributed by atoms with Crippen LogP contribution in [0.3, 0.4) is 0 Å². The molecule has 3 amide bonds. The third-order valence-electron chi connectivity index (χ3n) is 11.9. The third-order valence-corrected chi connectivity index (χ3v) is 11.9. The molecule has 7 heterocycles. The lowest BCUT2D eigenvalue weighted by Crippen LogP contribution is -2.60. The summed E-state index contributed by atoms with van der Waals surface area (Å²) in [6.45, 7) is 3.99. The highest BCUT2D eigenvalue weighted by Crippen LogP contribution is 2.44. The van der Waals surface area contributed by atoms with Gasteiger partial charge in [-0.1, -0.05) is 12.8 Å². The van der Waals surface area contributed by atoms with E-state index >= 15 is 0 Å². The summed E-state index contributed by atoms with van der Waals surface area (Å²) in [6, 6.07) is 12.6. The lowest BCUT2D eigenvalue weighted by Gasteiger charge is -2.55. The summed E-state index contributed by atoms with van der Waals surface area (Å²) in [6.07, 6.45) is 11.2. The molecule has 1 aliphatic carbocycles. The van der Waals surface area contributed by atoms with E-state index in [-0.39, 0.29) is 23.8 Å². The monoisotopic (exact) mass is 715 g/mol. The quantitative estimate of drug-likeness (QED) is 0.223. The van der Waals surface area contributed by atoms with Crippen molar-refractivity contribution in [2.75, 3.05) is 55.4 Å². The maximum absolute atomic E-state index is 13.1. The van der Waals surface area contributed by atoms with Crippen molar-refractivity contribution >= 4 is 62.9 Å². The molecule has 2 N–H and O–H groups in total. The Hall–Kier alpha value is -5.53. The van der Waals surface area contributed by atoms with E-state index in [9.17, 15) is 14.4 Å². The smallest absolute Gasteiger partial charge is 0.270 e. The molecular weight excluding hydrogens is 671 g/mol. The third kappa shape index (κ3) is 5.93. The number of aromatic nitrogens is 6. The van der Waals surface area contributed by atoms with Crippen molar-refractivity contribution < 1.29 is 14.4 Å². The molecule has 0 bridgehead atoms. The SMILES string of the molecule is CN(C)C(=O)c1cc2cnc(Nc3ccc(N4CCC5(CC4)CN(c4ccc6nc([C@@H]7CCC(=O)NC7=O)n(C)c6c4)C5)cn3)nc2n1C1CCCC1. The van der Waals surface area contributed by atoms with Crippen molar-refractivity contribution in [1.29, 1.82) is 0 Å². The second-order valence-corrected chi connectivity index (χ2v) is 15.6. The average Bonchev–Trinajstić information content (AvgIpc) is 3.88. The number of carbonyl (C=O) groups excluding carboxylic acids is 3. The van der Waals surface area contributed by atoms with Crippen molar-refractivity contribution in [2.24, 2.45) is 12.5 Å². The Morgan fingerprint density at radius 3 is 2.42 bits per heavy atom. The second-order valence-electron chi connectivity index (χ2n) is 15.6. The summed E-state index contributed by atoms with van der Waals surface area (Å²) in [5.41, 5.74) is 5.89. The number of rotatable bonds is 7. The number of carbonyl (C=O) groups is 3. The predicted molar refractivity (Wildman–Crippen MR) is 203 cm³/mol. The van der Waals surface area contributed by atoms with Crippen LogP contribution in [0.4, 0.5) is 23.1 Å². The van der Waals surface area contributed by atoms with E-state index in [1.54, 1.807) is 25.2 Å². The van der Waals surface area contributed by atoms with Crippen molar-refractivity contribution in [2.45, 2.75) is 63.3 Å². The van der Waals surface area contributed by atoms with Crippen molar-refractivity contribution in [3.05, 3.63) is 60.3 Å². The number of fused-ring (bicyclic) bond motifs is 2. The fourth-order valence-electron chi connectivity index (χ4n) is 8.90. The topological polar surface area (TPSA) is 146 Å². The summed E-state index contributed by atoms with van der Waals surface area (Å²) < 4.78 is 4.13. The van der Waals surface area contributed by atoms with Gasteiger partial charge in [0, 0.05) is 82.5 Å². The van der Waals surface area contributed by atoms with Crippen molar-refractivity contribution in [1.82, 2.24) is 39.3 Å². The Kier molecular flexibility index (Phi) is 8.08. The highest BCUT2D eigenvalue weighted by molar-refractivity contribution is 6.01. The number of nitrogens with zero attached hydrogens (tertiary/aromatic N) is 9. The molecule has 1 atom stereocenters. The van der Waals surface area contributed by atoms with E-state index in [1.165, 1.54) is 5.69 Å². The van der Waals surface area contributed by atoms with Gasteiger partial charge in [-0.2, -0.15) is 4.98 Å². The largest absolute Gasteiger partial charge is 0.370 e. The van der Waals surface area contributed by atoms with Crippen LogP contribution in [0.25, 0.3) is 22.1 Å². The minimum absolute atomic E-state index is 0.0222. The first kappa shape index (κ1) is 33.3. The highest BCUT2D eigenvalue weighted by Gasteiger charge is 2.45. The summed E-state index contributed by atoms with van der Waals surface area (Å²) in [7, 11) is 5.52. The zero-order valence-corrected chi connectivity index (χ0v) is 30.5. The van der Waals surface area contributed by atoms with Crippen LogP contribution in [-0.4, -0.2) is 92.0 Å². The van der Waals surface area contributed by atoms with E-state index in [2.05, 4.69) is 48.2 Å². The van der Waals surface area contributed by atoms with Crippen LogP contribution in [0.15, 0.2) is 48.8 Å². The average molecular weight is 716 g/mol. The summed E-state index contributed by atoms with van der Waals surface area (Å²) in [4.78, 5) is 62.7. The predicted octanol–water partition coefficient (Wildman–Crippen LogP) is 4.90. The molecule has 274 valence electrons.